The summed E-state index contributed by atoms with van der Waals surface area (Å²) in [5.74, 6) is 1.23. The molecule has 0 atom stereocenters. The lowest BCUT2D eigenvalue weighted by Gasteiger charge is -2.10. The predicted octanol–water partition coefficient (Wildman–Crippen LogP) is 5.66. The molecule has 0 fully saturated rings. The molecule has 3 heterocycles. The average Bonchev–Trinajstić information content (AvgIpc) is 3.70. The Morgan fingerprint density at radius 1 is 1.28 bits per heavy atom. The topological polar surface area (TPSA) is 120 Å². The SMILES string of the molecule is C=N/C(=C\C(=N/COc1ccc2[nH]c(C)cc2c1F)NCCCn1ccnc1)Nc1cc(/C=C/C)[nH]n1.CC. The highest BCUT2D eigenvalue weighted by molar-refractivity contribution is 5.94. The van der Waals surface area contributed by atoms with Crippen molar-refractivity contribution in [2.24, 2.45) is 9.98 Å². The molecular weight excluding hydrogens is 497 g/mol. The van der Waals surface area contributed by atoms with Gasteiger partial charge in [-0.2, -0.15) is 5.10 Å². The molecule has 206 valence electrons. The van der Waals surface area contributed by atoms with Crippen molar-refractivity contribution in [1.29, 1.82) is 0 Å². The lowest BCUT2D eigenvalue weighted by atomic mass is 10.2. The molecule has 11 heteroatoms. The van der Waals surface area contributed by atoms with Gasteiger partial charge in [-0.05, 0) is 51.3 Å². The fourth-order valence-corrected chi connectivity index (χ4v) is 3.67. The van der Waals surface area contributed by atoms with E-state index in [0.717, 1.165) is 29.9 Å². The number of aryl methyl sites for hydroxylation is 2. The molecule has 0 aliphatic heterocycles. The zero-order chi connectivity index (χ0) is 28.0. The number of ether oxygens (including phenoxy) is 1. The van der Waals surface area contributed by atoms with Gasteiger partial charge in [0, 0.05) is 54.2 Å². The van der Waals surface area contributed by atoms with Gasteiger partial charge in [0.25, 0.3) is 0 Å². The average molecular weight is 534 g/mol. The molecule has 0 aliphatic carbocycles. The monoisotopic (exact) mass is 533 g/mol. The summed E-state index contributed by atoms with van der Waals surface area (Å²) in [6.45, 7) is 12.8. The summed E-state index contributed by atoms with van der Waals surface area (Å²) in [4.78, 5) is 15.7. The number of imidazole rings is 1. The maximum atomic E-state index is 14.9. The van der Waals surface area contributed by atoms with Gasteiger partial charge in [0.1, 0.15) is 11.7 Å². The van der Waals surface area contributed by atoms with Gasteiger partial charge < -0.3 is 24.9 Å². The van der Waals surface area contributed by atoms with Crippen LogP contribution in [0.25, 0.3) is 17.0 Å². The summed E-state index contributed by atoms with van der Waals surface area (Å²) in [6, 6.07) is 6.98. The zero-order valence-corrected chi connectivity index (χ0v) is 22.8. The van der Waals surface area contributed by atoms with Crippen LogP contribution in [-0.4, -0.2) is 50.6 Å². The number of hydrogen-bond acceptors (Lipinski definition) is 6. The number of aromatic amines is 2. The Morgan fingerprint density at radius 2 is 2.13 bits per heavy atom. The smallest absolute Gasteiger partial charge is 0.181 e. The summed E-state index contributed by atoms with van der Waals surface area (Å²) in [5, 5.41) is 14.0. The summed E-state index contributed by atoms with van der Waals surface area (Å²) >= 11 is 0. The van der Waals surface area contributed by atoms with Crippen LogP contribution in [0, 0.1) is 12.7 Å². The molecule has 4 N–H and O–H groups in total. The van der Waals surface area contributed by atoms with E-state index in [9.17, 15) is 4.39 Å². The van der Waals surface area contributed by atoms with Crippen molar-refractivity contribution in [2.75, 3.05) is 18.6 Å². The van der Waals surface area contributed by atoms with Crippen molar-refractivity contribution in [3.63, 3.8) is 0 Å². The molecule has 0 radical (unpaired) electrons. The van der Waals surface area contributed by atoms with Gasteiger partial charge in [-0.1, -0.05) is 19.9 Å². The van der Waals surface area contributed by atoms with Gasteiger partial charge in [0.2, 0.25) is 0 Å². The fourth-order valence-electron chi connectivity index (χ4n) is 3.67. The van der Waals surface area contributed by atoms with Crippen molar-refractivity contribution < 1.29 is 9.13 Å². The van der Waals surface area contributed by atoms with Gasteiger partial charge in [0.15, 0.2) is 24.1 Å². The predicted molar refractivity (Wildman–Crippen MR) is 157 cm³/mol. The number of nitrogens with zero attached hydrogens (tertiary/aromatic N) is 5. The number of halogens is 1. The molecule has 3 aromatic heterocycles. The molecule has 4 rings (SSSR count). The Labute approximate surface area is 227 Å². The minimum absolute atomic E-state index is 0.0928. The van der Waals surface area contributed by atoms with E-state index < -0.39 is 5.82 Å². The molecule has 39 heavy (non-hydrogen) atoms. The Balaban J connectivity index is 0.00000205. The molecule has 0 aliphatic rings. The third-order valence-electron chi connectivity index (χ3n) is 5.39. The van der Waals surface area contributed by atoms with Crippen LogP contribution in [0.1, 0.15) is 38.6 Å². The molecule has 0 amide bonds. The quantitative estimate of drug-likeness (QED) is 0.106. The summed E-state index contributed by atoms with van der Waals surface area (Å²) in [6.07, 6.45) is 11.8. The number of aromatic nitrogens is 5. The second-order valence-electron chi connectivity index (χ2n) is 8.21. The molecular formula is C28H36FN9O. The molecule has 0 saturated carbocycles. The fraction of sp³-hybridized carbons (Fsp3) is 0.286. The third-order valence-corrected chi connectivity index (χ3v) is 5.39. The molecule has 0 bridgehead atoms. The van der Waals surface area contributed by atoms with E-state index in [1.165, 1.54) is 0 Å². The third kappa shape index (κ3) is 8.42. The van der Waals surface area contributed by atoms with Crippen LogP contribution in [0.15, 0.2) is 70.9 Å². The molecule has 1 aromatic carbocycles. The van der Waals surface area contributed by atoms with Gasteiger partial charge in [-0.15, -0.1) is 0 Å². The molecule has 10 nitrogen and oxygen atoms in total. The molecule has 0 unspecified atom stereocenters. The van der Waals surface area contributed by atoms with E-state index in [2.05, 4.69) is 47.5 Å². The van der Waals surface area contributed by atoms with E-state index in [-0.39, 0.29) is 12.5 Å². The number of fused-ring (bicyclic) bond motifs is 1. The maximum Gasteiger partial charge on any atom is 0.181 e. The van der Waals surface area contributed by atoms with Gasteiger partial charge in [0.05, 0.1) is 12.0 Å². The highest BCUT2D eigenvalue weighted by atomic mass is 19.1. The molecule has 0 spiro atoms. The zero-order valence-electron chi connectivity index (χ0n) is 22.8. The van der Waals surface area contributed by atoms with Crippen molar-refractivity contribution in [1.82, 2.24) is 30.0 Å². The van der Waals surface area contributed by atoms with Gasteiger partial charge in [-0.3, -0.25) is 5.10 Å². The van der Waals surface area contributed by atoms with Crippen molar-refractivity contribution >= 4 is 35.3 Å². The normalized spacial score (nSPS) is 11.9. The number of allylic oxidation sites excluding steroid dienone is 1. The minimum atomic E-state index is -0.423. The van der Waals surface area contributed by atoms with E-state index in [4.69, 9.17) is 4.74 Å². The number of aliphatic imine (C=N–C) groups is 2. The van der Waals surface area contributed by atoms with Crippen LogP contribution < -0.4 is 15.4 Å². The highest BCUT2D eigenvalue weighted by Gasteiger charge is 2.10. The van der Waals surface area contributed by atoms with Crippen LogP contribution in [-0.2, 0) is 6.54 Å². The molecule has 0 saturated heterocycles. The second kappa shape index (κ2) is 14.9. The molecule has 4 aromatic rings. The van der Waals surface area contributed by atoms with E-state index >= 15 is 0 Å². The van der Waals surface area contributed by atoms with Crippen LogP contribution >= 0.6 is 0 Å². The van der Waals surface area contributed by atoms with E-state index in [1.54, 1.807) is 36.8 Å². The number of rotatable bonds is 12. The van der Waals surface area contributed by atoms with Crippen molar-refractivity contribution in [2.45, 2.75) is 40.7 Å². The van der Waals surface area contributed by atoms with Crippen molar-refractivity contribution in [3.8, 4) is 5.75 Å². The summed E-state index contributed by atoms with van der Waals surface area (Å²) in [5.41, 5.74) is 2.45. The Bertz CT molecular complexity index is 1410. The highest BCUT2D eigenvalue weighted by Crippen LogP contribution is 2.26. The summed E-state index contributed by atoms with van der Waals surface area (Å²) < 4.78 is 22.5. The Hall–Kier alpha value is -4.67. The number of amidine groups is 1. The number of hydrogen-bond donors (Lipinski definition) is 4. The van der Waals surface area contributed by atoms with E-state index in [0.29, 0.717) is 29.4 Å². The van der Waals surface area contributed by atoms with Crippen LogP contribution in [0.2, 0.25) is 0 Å². The first-order chi connectivity index (χ1) is 19.1. The largest absolute Gasteiger partial charge is 0.468 e. The van der Waals surface area contributed by atoms with Crippen molar-refractivity contribution in [3.05, 3.63) is 78.2 Å². The number of nitrogens with one attached hydrogen (secondary N) is 4. The number of anilines is 1. The number of benzene rings is 1. The minimum Gasteiger partial charge on any atom is -0.468 e. The Morgan fingerprint density at radius 3 is 2.87 bits per heavy atom. The van der Waals surface area contributed by atoms with Crippen LogP contribution in [0.4, 0.5) is 10.2 Å². The maximum absolute atomic E-state index is 14.9. The number of H-pyrrole nitrogens is 2. The Kier molecular flexibility index (Phi) is 11.0. The second-order valence-corrected chi connectivity index (χ2v) is 8.21. The van der Waals surface area contributed by atoms with Crippen LogP contribution in [0.5, 0.6) is 5.75 Å². The first-order valence-electron chi connectivity index (χ1n) is 12.8. The lowest BCUT2D eigenvalue weighted by molar-refractivity contribution is 0.315. The summed E-state index contributed by atoms with van der Waals surface area (Å²) in [7, 11) is 0. The first-order valence-corrected chi connectivity index (χ1v) is 12.8. The van der Waals surface area contributed by atoms with Crippen LogP contribution in [0.3, 0.4) is 0 Å². The standard InChI is InChI=1S/C26H30FN9O.C2H6/c1-4-6-19-14-25(35-34-19)33-23(28-3)15-24(30-9-5-11-36-12-10-29-16-36)31-17-37-22-8-7-21-20(26(22)27)13-18(2)32-21;1-2/h4,6-8,10,12-16,32H,3,5,9,11,17H2,1-2H3,(H,30,31)(H2,33,34,35);1-2H3/b6-4+,23-15+;. The van der Waals surface area contributed by atoms with Gasteiger partial charge >= 0.3 is 0 Å². The first kappa shape index (κ1) is 28.9. The van der Waals surface area contributed by atoms with Gasteiger partial charge in [-0.25, -0.2) is 19.4 Å². The van der Waals surface area contributed by atoms with E-state index in [1.807, 2.05) is 56.7 Å². The lowest BCUT2D eigenvalue weighted by Crippen LogP contribution is -2.25.